The number of aryl methyl sites for hydroxylation is 2. The molecule has 3 aromatic carbocycles. The Labute approximate surface area is 206 Å². The highest BCUT2D eigenvalue weighted by molar-refractivity contribution is 7.81. The van der Waals surface area contributed by atoms with E-state index >= 15 is 0 Å². The predicted octanol–water partition coefficient (Wildman–Crippen LogP) is 5.65. The lowest BCUT2D eigenvalue weighted by Crippen LogP contribution is -2.09. The number of benzene rings is 3. The first kappa shape index (κ1) is 23.6. The van der Waals surface area contributed by atoms with Crippen LogP contribution in [0.25, 0.3) is 44.0 Å². The molecule has 0 radical (unpaired) electrons. The molecule has 2 aromatic heterocycles. The Bertz CT molecular complexity index is 1880. The Kier molecular flexibility index (Phi) is 5.77. The third-order valence-electron chi connectivity index (χ3n) is 6.44. The standard InChI is InChI=1S/C27H22FN3O4S/c1-3-4-6-18-13-22-24(14-21(18)17-7-5-8-19(12-17)35-36(28,33)34)31(2)27-25(26(22)32)20-10-9-16(15-29)11-23(20)30-27/h5,7-14,30H,3-4,6H2,1-2H3. The zero-order chi connectivity index (χ0) is 25.6. The van der Waals surface area contributed by atoms with Crippen molar-refractivity contribution in [1.29, 1.82) is 5.26 Å². The maximum absolute atomic E-state index is 13.7. The molecule has 0 aliphatic rings. The number of rotatable bonds is 6. The molecule has 36 heavy (non-hydrogen) atoms. The molecule has 0 saturated heterocycles. The van der Waals surface area contributed by atoms with Crippen molar-refractivity contribution in [3.05, 3.63) is 75.9 Å². The lowest BCUT2D eigenvalue weighted by Gasteiger charge is -2.15. The fourth-order valence-corrected chi connectivity index (χ4v) is 5.09. The Balaban J connectivity index is 1.81. The highest BCUT2D eigenvalue weighted by atomic mass is 32.3. The molecule has 0 aliphatic heterocycles. The van der Waals surface area contributed by atoms with Gasteiger partial charge in [-0.15, -0.1) is 0 Å². The third-order valence-corrected chi connectivity index (χ3v) is 6.83. The van der Waals surface area contributed by atoms with Gasteiger partial charge in [0.05, 0.1) is 22.5 Å². The van der Waals surface area contributed by atoms with Gasteiger partial charge in [0.25, 0.3) is 0 Å². The quantitative estimate of drug-likeness (QED) is 0.302. The summed E-state index contributed by atoms with van der Waals surface area (Å²) in [6.07, 6.45) is 2.54. The van der Waals surface area contributed by atoms with E-state index in [1.807, 2.05) is 23.7 Å². The number of H-pyrrole nitrogens is 1. The van der Waals surface area contributed by atoms with Gasteiger partial charge in [0.2, 0.25) is 0 Å². The van der Waals surface area contributed by atoms with Gasteiger partial charge in [-0.1, -0.05) is 35.4 Å². The summed E-state index contributed by atoms with van der Waals surface area (Å²) >= 11 is 0. The molecule has 5 aromatic rings. The summed E-state index contributed by atoms with van der Waals surface area (Å²) in [6.45, 7) is 2.07. The Morgan fingerprint density at radius 2 is 1.92 bits per heavy atom. The summed E-state index contributed by atoms with van der Waals surface area (Å²) in [4.78, 5) is 17.0. The van der Waals surface area contributed by atoms with E-state index < -0.39 is 10.5 Å². The van der Waals surface area contributed by atoms with Crippen molar-refractivity contribution in [2.45, 2.75) is 26.2 Å². The van der Waals surface area contributed by atoms with Crippen LogP contribution in [0.3, 0.4) is 0 Å². The van der Waals surface area contributed by atoms with Gasteiger partial charge in [-0.2, -0.15) is 13.7 Å². The van der Waals surface area contributed by atoms with E-state index in [1.54, 1.807) is 30.3 Å². The van der Waals surface area contributed by atoms with E-state index in [9.17, 15) is 22.4 Å². The largest absolute Gasteiger partial charge is 0.488 e. The molecular weight excluding hydrogens is 481 g/mol. The molecule has 0 atom stereocenters. The number of nitrogens with one attached hydrogen (secondary N) is 1. The predicted molar refractivity (Wildman–Crippen MR) is 138 cm³/mol. The van der Waals surface area contributed by atoms with Crippen molar-refractivity contribution in [3.8, 4) is 22.9 Å². The second-order valence-electron chi connectivity index (χ2n) is 8.74. The van der Waals surface area contributed by atoms with Gasteiger partial charge in [-0.25, -0.2) is 0 Å². The number of halogens is 1. The molecule has 5 rings (SSSR count). The second kappa shape index (κ2) is 8.81. The highest BCUT2D eigenvalue weighted by Crippen LogP contribution is 2.33. The van der Waals surface area contributed by atoms with Gasteiger partial charge in [-0.05, 0) is 65.9 Å². The molecular formula is C27H22FN3O4S. The summed E-state index contributed by atoms with van der Waals surface area (Å²) in [5, 5.41) is 11.1. The number of nitrogens with zero attached hydrogens (tertiary/aromatic N) is 2. The summed E-state index contributed by atoms with van der Waals surface area (Å²) < 4.78 is 41.5. The van der Waals surface area contributed by atoms with E-state index in [1.165, 1.54) is 12.1 Å². The minimum absolute atomic E-state index is 0.112. The summed E-state index contributed by atoms with van der Waals surface area (Å²) in [6, 6.07) is 17.3. The average molecular weight is 504 g/mol. The van der Waals surface area contributed by atoms with Crippen LogP contribution in [0.5, 0.6) is 5.75 Å². The van der Waals surface area contributed by atoms with Crippen LogP contribution in [0.2, 0.25) is 0 Å². The minimum atomic E-state index is -5.16. The number of hydrogen-bond donors (Lipinski definition) is 1. The van der Waals surface area contributed by atoms with E-state index in [4.69, 9.17) is 0 Å². The molecule has 0 fully saturated rings. The number of pyridine rings is 1. The molecule has 2 heterocycles. The molecule has 1 N–H and O–H groups in total. The molecule has 9 heteroatoms. The lowest BCUT2D eigenvalue weighted by molar-refractivity contribution is 0.440. The third kappa shape index (κ3) is 4.10. The molecule has 0 amide bonds. The lowest BCUT2D eigenvalue weighted by atomic mass is 9.93. The number of aromatic nitrogens is 2. The monoisotopic (exact) mass is 503 g/mol. The summed E-state index contributed by atoms with van der Waals surface area (Å²) in [5.41, 5.74) is 4.77. The van der Waals surface area contributed by atoms with E-state index in [-0.39, 0.29) is 11.2 Å². The van der Waals surface area contributed by atoms with Gasteiger partial charge >= 0.3 is 10.5 Å². The molecule has 0 unspecified atom stereocenters. The number of hydrogen-bond acceptors (Lipinski definition) is 5. The number of aromatic amines is 1. The smallest absolute Gasteiger partial charge is 0.358 e. The van der Waals surface area contributed by atoms with Crippen LogP contribution in [0.1, 0.15) is 30.9 Å². The van der Waals surface area contributed by atoms with Crippen molar-refractivity contribution in [1.82, 2.24) is 9.55 Å². The van der Waals surface area contributed by atoms with Crippen molar-refractivity contribution in [2.75, 3.05) is 0 Å². The van der Waals surface area contributed by atoms with E-state index in [0.717, 1.165) is 29.4 Å². The van der Waals surface area contributed by atoms with E-state index in [0.29, 0.717) is 45.0 Å². The zero-order valence-electron chi connectivity index (χ0n) is 19.6. The second-order valence-corrected chi connectivity index (χ2v) is 9.70. The fourth-order valence-electron chi connectivity index (χ4n) is 4.76. The molecule has 182 valence electrons. The van der Waals surface area contributed by atoms with Gasteiger partial charge in [0, 0.05) is 23.3 Å². The first-order valence-corrected chi connectivity index (χ1v) is 12.8. The Hall–Kier alpha value is -4.16. The SMILES string of the molecule is CCCCc1cc2c(=O)c3c4ccc(C#N)cc4[nH]c3n(C)c2cc1-c1cccc(OS(=O)(=O)F)c1. The van der Waals surface area contributed by atoms with Gasteiger partial charge in [-0.3, -0.25) is 4.79 Å². The molecule has 0 spiro atoms. The topological polar surface area (TPSA) is 105 Å². The highest BCUT2D eigenvalue weighted by Gasteiger charge is 2.18. The van der Waals surface area contributed by atoms with Crippen LogP contribution in [-0.4, -0.2) is 18.0 Å². The Morgan fingerprint density at radius 1 is 1.11 bits per heavy atom. The molecule has 0 saturated carbocycles. The van der Waals surface area contributed by atoms with Crippen molar-refractivity contribution < 1.29 is 16.5 Å². The average Bonchev–Trinajstić information content (AvgIpc) is 3.24. The molecule has 7 nitrogen and oxygen atoms in total. The van der Waals surface area contributed by atoms with Crippen LogP contribution < -0.4 is 9.61 Å². The first-order chi connectivity index (χ1) is 17.2. The number of fused-ring (bicyclic) bond motifs is 4. The van der Waals surface area contributed by atoms with Crippen LogP contribution in [0.15, 0.2) is 59.4 Å². The van der Waals surface area contributed by atoms with Crippen molar-refractivity contribution in [3.63, 3.8) is 0 Å². The minimum Gasteiger partial charge on any atom is -0.358 e. The fraction of sp³-hybridized carbons (Fsp3) is 0.185. The first-order valence-electron chi connectivity index (χ1n) is 11.5. The van der Waals surface area contributed by atoms with E-state index in [2.05, 4.69) is 22.2 Å². The number of nitriles is 1. The maximum atomic E-state index is 13.7. The molecule has 0 aliphatic carbocycles. The van der Waals surface area contributed by atoms with Crippen molar-refractivity contribution >= 4 is 43.3 Å². The van der Waals surface area contributed by atoms with Gasteiger partial charge in [0.1, 0.15) is 11.4 Å². The number of unbranched alkanes of at least 4 members (excludes halogenated alkanes) is 1. The molecule has 0 bridgehead atoms. The normalized spacial score (nSPS) is 11.8. The van der Waals surface area contributed by atoms with Crippen LogP contribution in [0, 0.1) is 11.3 Å². The van der Waals surface area contributed by atoms with Crippen LogP contribution >= 0.6 is 0 Å². The van der Waals surface area contributed by atoms with Crippen LogP contribution in [0.4, 0.5) is 3.89 Å². The summed E-state index contributed by atoms with van der Waals surface area (Å²) in [5.74, 6) is -0.134. The van der Waals surface area contributed by atoms with Crippen molar-refractivity contribution in [2.24, 2.45) is 7.05 Å². The van der Waals surface area contributed by atoms with Gasteiger partial charge < -0.3 is 13.7 Å². The summed E-state index contributed by atoms with van der Waals surface area (Å²) in [7, 11) is -3.30. The zero-order valence-corrected chi connectivity index (χ0v) is 20.4. The maximum Gasteiger partial charge on any atom is 0.488 e. The Morgan fingerprint density at radius 3 is 2.64 bits per heavy atom. The van der Waals surface area contributed by atoms with Gasteiger partial charge in [0.15, 0.2) is 5.43 Å². The van der Waals surface area contributed by atoms with Crippen LogP contribution in [-0.2, 0) is 24.0 Å².